The molecule has 132 valence electrons. The number of anilines is 1. The molecule has 2 amide bonds. The van der Waals surface area contributed by atoms with Crippen LogP contribution in [0.25, 0.3) is 10.8 Å². The van der Waals surface area contributed by atoms with Gasteiger partial charge in [0.15, 0.2) is 0 Å². The number of carbonyl (C=O) groups excluding carboxylic acids is 2. The fourth-order valence-electron chi connectivity index (χ4n) is 2.80. The molecule has 0 aliphatic rings. The van der Waals surface area contributed by atoms with Crippen LogP contribution in [0.2, 0.25) is 0 Å². The molecule has 0 spiro atoms. The third kappa shape index (κ3) is 4.39. The molecule has 3 aromatic carbocycles. The Morgan fingerprint density at radius 2 is 1.54 bits per heavy atom. The lowest BCUT2D eigenvalue weighted by atomic mass is 10.0. The topological polar surface area (TPSA) is 61.4 Å². The molecule has 0 aliphatic heterocycles. The number of para-hydroxylation sites is 1. The van der Waals surface area contributed by atoms with Crippen molar-refractivity contribution in [3.8, 4) is 0 Å². The van der Waals surface area contributed by atoms with E-state index in [1.54, 1.807) is 12.1 Å². The molecule has 0 saturated heterocycles. The number of fused-ring (bicyclic) bond motifs is 1. The third-order valence-electron chi connectivity index (χ3n) is 4.11. The molecule has 0 radical (unpaired) electrons. The highest BCUT2D eigenvalue weighted by Gasteiger charge is 2.10. The first kappa shape index (κ1) is 17.5. The Balaban J connectivity index is 1.53. The molecule has 0 bridgehead atoms. The quantitative estimate of drug-likeness (QED) is 0.674. The molecule has 0 fully saturated rings. The van der Waals surface area contributed by atoms with Crippen molar-refractivity contribution in [1.29, 1.82) is 0 Å². The van der Waals surface area contributed by atoms with E-state index in [9.17, 15) is 9.59 Å². The smallest absolute Gasteiger partial charge is 0.257 e. The van der Waals surface area contributed by atoms with Crippen molar-refractivity contribution < 1.29 is 9.59 Å². The standard InChI is InChI=1S/C21H21N3O2/c1-24(18-11-3-2-4-12-18)23-21(26)15-22-20(25)14-17-10-7-9-16-8-5-6-13-19(16)17/h2-13H,14-15H2,1H3,(H,22,25)(H,23,26). The first-order valence-electron chi connectivity index (χ1n) is 8.45. The van der Waals surface area contributed by atoms with Crippen molar-refractivity contribution in [1.82, 2.24) is 10.7 Å². The number of rotatable bonds is 6. The first-order valence-corrected chi connectivity index (χ1v) is 8.45. The molecular weight excluding hydrogens is 326 g/mol. The number of hydrogen-bond donors (Lipinski definition) is 2. The first-order chi connectivity index (χ1) is 12.6. The molecular formula is C21H21N3O2. The highest BCUT2D eigenvalue weighted by atomic mass is 16.2. The van der Waals surface area contributed by atoms with Crippen LogP contribution in [-0.4, -0.2) is 25.4 Å². The summed E-state index contributed by atoms with van der Waals surface area (Å²) in [5.41, 5.74) is 4.54. The monoisotopic (exact) mass is 347 g/mol. The lowest BCUT2D eigenvalue weighted by molar-refractivity contribution is -0.125. The molecule has 0 aromatic heterocycles. The average molecular weight is 347 g/mol. The van der Waals surface area contributed by atoms with E-state index in [2.05, 4.69) is 10.7 Å². The van der Waals surface area contributed by atoms with E-state index < -0.39 is 0 Å². The Kier molecular flexibility index (Phi) is 5.49. The molecule has 0 heterocycles. The second-order valence-corrected chi connectivity index (χ2v) is 6.02. The van der Waals surface area contributed by atoms with Gasteiger partial charge < -0.3 is 5.32 Å². The van der Waals surface area contributed by atoms with Crippen LogP contribution in [0.5, 0.6) is 0 Å². The van der Waals surface area contributed by atoms with Gasteiger partial charge in [0.2, 0.25) is 5.91 Å². The summed E-state index contributed by atoms with van der Waals surface area (Å²) in [5.74, 6) is -0.457. The molecule has 5 nitrogen and oxygen atoms in total. The fourth-order valence-corrected chi connectivity index (χ4v) is 2.80. The van der Waals surface area contributed by atoms with Crippen LogP contribution in [0, 0.1) is 0 Å². The van der Waals surface area contributed by atoms with Gasteiger partial charge in [0.1, 0.15) is 0 Å². The molecule has 0 atom stereocenters. The minimum atomic E-state index is -0.275. The van der Waals surface area contributed by atoms with E-state index >= 15 is 0 Å². The highest BCUT2D eigenvalue weighted by molar-refractivity contribution is 5.91. The van der Waals surface area contributed by atoms with Gasteiger partial charge >= 0.3 is 0 Å². The van der Waals surface area contributed by atoms with Gasteiger partial charge in [0.25, 0.3) is 5.91 Å². The van der Waals surface area contributed by atoms with E-state index in [1.165, 1.54) is 0 Å². The summed E-state index contributed by atoms with van der Waals surface area (Å²) in [4.78, 5) is 24.2. The summed E-state index contributed by atoms with van der Waals surface area (Å²) in [6.07, 6.45) is 0.239. The van der Waals surface area contributed by atoms with Crippen LogP contribution in [0.3, 0.4) is 0 Å². The van der Waals surface area contributed by atoms with E-state index in [-0.39, 0.29) is 24.8 Å². The number of amides is 2. The van der Waals surface area contributed by atoms with Gasteiger partial charge in [-0.05, 0) is 28.5 Å². The van der Waals surface area contributed by atoms with Crippen LogP contribution in [0.15, 0.2) is 72.8 Å². The SMILES string of the molecule is CN(NC(=O)CNC(=O)Cc1cccc2ccccc12)c1ccccc1. The van der Waals surface area contributed by atoms with Crippen molar-refractivity contribution in [2.24, 2.45) is 0 Å². The van der Waals surface area contributed by atoms with Crippen LogP contribution in [-0.2, 0) is 16.0 Å². The van der Waals surface area contributed by atoms with Gasteiger partial charge in [-0.15, -0.1) is 0 Å². The maximum atomic E-state index is 12.2. The van der Waals surface area contributed by atoms with Crippen LogP contribution in [0.4, 0.5) is 5.69 Å². The number of hydrogen-bond acceptors (Lipinski definition) is 3. The number of nitrogens with zero attached hydrogens (tertiary/aromatic N) is 1. The maximum absolute atomic E-state index is 12.2. The second-order valence-electron chi connectivity index (χ2n) is 6.02. The summed E-state index contributed by atoms with van der Waals surface area (Å²) in [6, 6.07) is 23.3. The van der Waals surface area contributed by atoms with Crippen molar-refractivity contribution in [3.63, 3.8) is 0 Å². The summed E-state index contributed by atoms with van der Waals surface area (Å²) >= 11 is 0. The molecule has 2 N–H and O–H groups in total. The summed E-state index contributed by atoms with van der Waals surface area (Å²) in [5, 5.41) is 6.45. The summed E-state index contributed by atoms with van der Waals surface area (Å²) in [7, 11) is 1.76. The fraction of sp³-hybridized carbons (Fsp3) is 0.143. The molecule has 3 aromatic rings. The predicted octanol–water partition coefficient (Wildman–Crippen LogP) is 2.67. The minimum absolute atomic E-state index is 0.0687. The van der Waals surface area contributed by atoms with E-state index in [1.807, 2.05) is 72.8 Å². The van der Waals surface area contributed by atoms with Crippen molar-refractivity contribution in [2.45, 2.75) is 6.42 Å². The predicted molar refractivity (Wildman–Crippen MR) is 104 cm³/mol. The summed E-state index contributed by atoms with van der Waals surface area (Å²) in [6.45, 7) is -0.0687. The Hall–Kier alpha value is -3.34. The zero-order chi connectivity index (χ0) is 18.4. The third-order valence-corrected chi connectivity index (χ3v) is 4.11. The number of carbonyl (C=O) groups is 2. The molecule has 0 aliphatic carbocycles. The lowest BCUT2D eigenvalue weighted by Gasteiger charge is -2.20. The minimum Gasteiger partial charge on any atom is -0.347 e. The summed E-state index contributed by atoms with van der Waals surface area (Å²) < 4.78 is 0. The molecule has 0 unspecified atom stereocenters. The number of benzene rings is 3. The van der Waals surface area contributed by atoms with Crippen molar-refractivity contribution in [3.05, 3.63) is 78.4 Å². The normalized spacial score (nSPS) is 10.3. The number of nitrogens with one attached hydrogen (secondary N) is 2. The maximum Gasteiger partial charge on any atom is 0.257 e. The van der Waals surface area contributed by atoms with Crippen LogP contribution < -0.4 is 15.8 Å². The van der Waals surface area contributed by atoms with E-state index in [0.29, 0.717) is 0 Å². The highest BCUT2D eigenvalue weighted by Crippen LogP contribution is 2.18. The Labute approximate surface area is 152 Å². The van der Waals surface area contributed by atoms with Gasteiger partial charge in [-0.3, -0.25) is 20.0 Å². The zero-order valence-corrected chi connectivity index (χ0v) is 14.6. The second kappa shape index (κ2) is 8.16. The molecule has 3 rings (SSSR count). The lowest BCUT2D eigenvalue weighted by Crippen LogP contribution is -2.45. The zero-order valence-electron chi connectivity index (χ0n) is 14.6. The van der Waals surface area contributed by atoms with E-state index in [0.717, 1.165) is 22.0 Å². The Morgan fingerprint density at radius 3 is 2.35 bits per heavy atom. The van der Waals surface area contributed by atoms with E-state index in [4.69, 9.17) is 0 Å². The van der Waals surface area contributed by atoms with Gasteiger partial charge in [0, 0.05) is 7.05 Å². The molecule has 26 heavy (non-hydrogen) atoms. The van der Waals surface area contributed by atoms with Gasteiger partial charge in [-0.2, -0.15) is 0 Å². The average Bonchev–Trinajstić information content (AvgIpc) is 2.67. The van der Waals surface area contributed by atoms with Crippen LogP contribution >= 0.6 is 0 Å². The molecule has 5 heteroatoms. The number of hydrazine groups is 1. The Morgan fingerprint density at radius 1 is 0.846 bits per heavy atom. The van der Waals surface area contributed by atoms with Gasteiger partial charge in [-0.25, -0.2) is 0 Å². The Bertz CT molecular complexity index is 904. The van der Waals surface area contributed by atoms with Crippen LogP contribution in [0.1, 0.15) is 5.56 Å². The van der Waals surface area contributed by atoms with Crippen molar-refractivity contribution in [2.75, 3.05) is 18.6 Å². The molecule has 0 saturated carbocycles. The van der Waals surface area contributed by atoms with Crippen molar-refractivity contribution >= 4 is 28.3 Å². The van der Waals surface area contributed by atoms with Gasteiger partial charge in [0.05, 0.1) is 18.7 Å². The largest absolute Gasteiger partial charge is 0.347 e. The van der Waals surface area contributed by atoms with Gasteiger partial charge in [-0.1, -0.05) is 60.7 Å².